The van der Waals surface area contributed by atoms with E-state index in [2.05, 4.69) is 0 Å². The molecule has 0 unspecified atom stereocenters. The first kappa shape index (κ1) is 18.5. The van der Waals surface area contributed by atoms with Crippen LogP contribution in [0.4, 0.5) is 5.69 Å². The number of ether oxygens (including phenoxy) is 1. The lowest BCUT2D eigenvalue weighted by Crippen LogP contribution is -2.26. The molecule has 0 spiro atoms. The first-order valence-electron chi connectivity index (χ1n) is 8.04. The molecule has 6 nitrogen and oxygen atoms in total. The van der Waals surface area contributed by atoms with Crippen molar-refractivity contribution in [2.24, 2.45) is 0 Å². The summed E-state index contributed by atoms with van der Waals surface area (Å²) in [6.07, 6.45) is 4.25. The molecule has 3 rings (SSSR count). The molecular formula is C20H17NO5S. The zero-order valence-electron chi connectivity index (χ0n) is 14.5. The van der Waals surface area contributed by atoms with E-state index in [9.17, 15) is 13.2 Å². The van der Waals surface area contributed by atoms with Crippen LogP contribution in [0.2, 0.25) is 0 Å². The molecule has 0 aliphatic carbocycles. The summed E-state index contributed by atoms with van der Waals surface area (Å²) in [5.74, 6) is 0.276. The van der Waals surface area contributed by atoms with Crippen molar-refractivity contribution in [1.29, 1.82) is 0 Å². The second-order valence-corrected chi connectivity index (χ2v) is 7.52. The Hall–Kier alpha value is -3.32. The van der Waals surface area contributed by atoms with Gasteiger partial charge in [-0.1, -0.05) is 18.2 Å². The van der Waals surface area contributed by atoms with E-state index in [1.54, 1.807) is 42.5 Å². The number of carbonyl (C=O) groups is 1. The highest BCUT2D eigenvalue weighted by molar-refractivity contribution is 7.92. The van der Waals surface area contributed by atoms with E-state index in [0.717, 1.165) is 0 Å². The van der Waals surface area contributed by atoms with Crippen LogP contribution in [0.5, 0.6) is 5.75 Å². The number of benzene rings is 2. The van der Waals surface area contributed by atoms with Gasteiger partial charge < -0.3 is 9.15 Å². The Kier molecular flexibility index (Phi) is 5.42. The Balaban J connectivity index is 1.69. The molecule has 0 aliphatic heterocycles. The minimum absolute atomic E-state index is 0.200. The molecule has 27 heavy (non-hydrogen) atoms. The Bertz CT molecular complexity index is 1020. The summed E-state index contributed by atoms with van der Waals surface area (Å²) in [6.45, 7) is 0. The molecule has 3 aromatic rings. The number of nitrogens with zero attached hydrogens (tertiary/aromatic N) is 1. The average molecular weight is 383 g/mol. The largest absolute Gasteiger partial charge is 0.465 e. The van der Waals surface area contributed by atoms with E-state index in [1.807, 2.05) is 0 Å². The number of carbonyl (C=O) groups excluding carboxylic acids is 1. The number of furan rings is 1. The third kappa shape index (κ3) is 4.45. The van der Waals surface area contributed by atoms with E-state index in [0.29, 0.717) is 17.2 Å². The summed E-state index contributed by atoms with van der Waals surface area (Å²) in [6, 6.07) is 17.8. The van der Waals surface area contributed by atoms with Crippen LogP contribution in [0, 0.1) is 0 Å². The van der Waals surface area contributed by atoms with Crippen LogP contribution in [-0.2, 0) is 14.8 Å². The van der Waals surface area contributed by atoms with Gasteiger partial charge in [0.05, 0.1) is 16.8 Å². The van der Waals surface area contributed by atoms with Crippen LogP contribution < -0.4 is 9.04 Å². The fourth-order valence-corrected chi connectivity index (χ4v) is 3.52. The third-order valence-electron chi connectivity index (χ3n) is 3.75. The Labute approximate surface area is 157 Å². The van der Waals surface area contributed by atoms with Crippen LogP contribution in [0.25, 0.3) is 6.08 Å². The van der Waals surface area contributed by atoms with Crippen molar-refractivity contribution in [2.45, 2.75) is 4.90 Å². The van der Waals surface area contributed by atoms with E-state index in [4.69, 9.17) is 9.15 Å². The second kappa shape index (κ2) is 7.92. The summed E-state index contributed by atoms with van der Waals surface area (Å²) >= 11 is 0. The Morgan fingerprint density at radius 3 is 2.33 bits per heavy atom. The minimum atomic E-state index is -3.66. The summed E-state index contributed by atoms with van der Waals surface area (Å²) in [5, 5.41) is 0. The first-order valence-corrected chi connectivity index (χ1v) is 9.48. The number of anilines is 1. The van der Waals surface area contributed by atoms with Crippen molar-refractivity contribution in [2.75, 3.05) is 11.4 Å². The van der Waals surface area contributed by atoms with Crippen molar-refractivity contribution in [3.8, 4) is 5.75 Å². The number of hydrogen-bond acceptors (Lipinski definition) is 5. The predicted octanol–water partition coefficient (Wildman–Crippen LogP) is 3.72. The molecule has 0 bridgehead atoms. The zero-order valence-corrected chi connectivity index (χ0v) is 15.3. The minimum Gasteiger partial charge on any atom is -0.465 e. The highest BCUT2D eigenvalue weighted by Crippen LogP contribution is 2.24. The maximum atomic E-state index is 12.6. The van der Waals surface area contributed by atoms with Crippen LogP contribution in [0.15, 0.2) is 88.4 Å². The van der Waals surface area contributed by atoms with Crippen molar-refractivity contribution >= 4 is 27.8 Å². The van der Waals surface area contributed by atoms with Crippen molar-refractivity contribution in [1.82, 2.24) is 0 Å². The molecule has 7 heteroatoms. The zero-order chi connectivity index (χ0) is 19.3. The number of sulfonamides is 1. The molecule has 0 aliphatic rings. The van der Waals surface area contributed by atoms with Gasteiger partial charge in [0.25, 0.3) is 10.0 Å². The molecule has 0 saturated heterocycles. The average Bonchev–Trinajstić information content (AvgIpc) is 3.21. The van der Waals surface area contributed by atoms with E-state index >= 15 is 0 Å². The quantitative estimate of drug-likeness (QED) is 0.368. The lowest BCUT2D eigenvalue weighted by Gasteiger charge is -2.19. The van der Waals surface area contributed by atoms with E-state index in [-0.39, 0.29) is 4.90 Å². The molecule has 0 N–H and O–H groups in total. The van der Waals surface area contributed by atoms with Gasteiger partial charge in [-0.2, -0.15) is 0 Å². The SMILES string of the molecule is CN(c1ccc(OC(=O)C=Cc2ccco2)cc1)S(=O)(=O)c1ccccc1. The van der Waals surface area contributed by atoms with Crippen molar-refractivity contribution < 1.29 is 22.4 Å². The molecule has 0 atom stereocenters. The van der Waals surface area contributed by atoms with E-state index in [1.165, 1.54) is 54.0 Å². The molecule has 0 radical (unpaired) electrons. The maximum Gasteiger partial charge on any atom is 0.336 e. The van der Waals surface area contributed by atoms with Gasteiger partial charge in [-0.3, -0.25) is 4.31 Å². The highest BCUT2D eigenvalue weighted by atomic mass is 32.2. The maximum absolute atomic E-state index is 12.6. The predicted molar refractivity (Wildman–Crippen MR) is 102 cm³/mol. The summed E-state index contributed by atoms with van der Waals surface area (Å²) in [7, 11) is -2.19. The summed E-state index contributed by atoms with van der Waals surface area (Å²) in [4.78, 5) is 12.0. The van der Waals surface area contributed by atoms with Gasteiger partial charge in [-0.05, 0) is 54.6 Å². The first-order chi connectivity index (χ1) is 13.0. The number of rotatable bonds is 6. The molecule has 2 aromatic carbocycles. The lowest BCUT2D eigenvalue weighted by atomic mass is 10.3. The smallest absolute Gasteiger partial charge is 0.336 e. The number of hydrogen-bond donors (Lipinski definition) is 0. The fourth-order valence-electron chi connectivity index (χ4n) is 2.30. The molecule has 1 heterocycles. The van der Waals surface area contributed by atoms with Gasteiger partial charge in [-0.15, -0.1) is 0 Å². The lowest BCUT2D eigenvalue weighted by molar-refractivity contribution is -0.128. The van der Waals surface area contributed by atoms with E-state index < -0.39 is 16.0 Å². The molecule has 0 saturated carbocycles. The Morgan fingerprint density at radius 1 is 1.00 bits per heavy atom. The number of esters is 1. The van der Waals surface area contributed by atoms with Crippen LogP contribution in [0.3, 0.4) is 0 Å². The fraction of sp³-hybridized carbons (Fsp3) is 0.0500. The van der Waals surface area contributed by atoms with Gasteiger partial charge in [0.1, 0.15) is 11.5 Å². The van der Waals surface area contributed by atoms with Crippen molar-refractivity contribution in [3.63, 3.8) is 0 Å². The van der Waals surface area contributed by atoms with Gasteiger partial charge in [0.15, 0.2) is 0 Å². The highest BCUT2D eigenvalue weighted by Gasteiger charge is 2.20. The van der Waals surface area contributed by atoms with Gasteiger partial charge in [0, 0.05) is 13.1 Å². The molecular weight excluding hydrogens is 366 g/mol. The van der Waals surface area contributed by atoms with Crippen LogP contribution in [0.1, 0.15) is 5.76 Å². The molecule has 138 valence electrons. The standard InChI is InChI=1S/C20H17NO5S/c1-21(27(23,24)19-7-3-2-4-8-19)16-9-11-18(12-10-16)26-20(22)14-13-17-6-5-15-25-17/h2-15H,1H3. The molecule has 0 fully saturated rings. The topological polar surface area (TPSA) is 76.8 Å². The van der Waals surface area contributed by atoms with Gasteiger partial charge >= 0.3 is 5.97 Å². The van der Waals surface area contributed by atoms with Gasteiger partial charge in [-0.25, -0.2) is 13.2 Å². The normalized spacial score (nSPS) is 11.4. The van der Waals surface area contributed by atoms with Gasteiger partial charge in [0.2, 0.25) is 0 Å². The Morgan fingerprint density at radius 2 is 1.70 bits per heavy atom. The summed E-state index contributed by atoms with van der Waals surface area (Å²) < 4.78 is 36.7. The third-order valence-corrected chi connectivity index (χ3v) is 5.55. The van der Waals surface area contributed by atoms with Crippen LogP contribution >= 0.6 is 0 Å². The van der Waals surface area contributed by atoms with Crippen molar-refractivity contribution in [3.05, 3.63) is 84.8 Å². The molecule has 0 amide bonds. The second-order valence-electron chi connectivity index (χ2n) is 5.55. The summed E-state index contributed by atoms with van der Waals surface area (Å²) in [5.41, 5.74) is 0.449. The van der Waals surface area contributed by atoms with Crippen LogP contribution in [-0.4, -0.2) is 21.4 Å². The molecule has 1 aromatic heterocycles. The monoisotopic (exact) mass is 383 g/mol.